The Bertz CT molecular complexity index is 936. The molecule has 2 aromatic heterocycles. The number of allylic oxidation sites excluding steroid dienone is 1. The summed E-state index contributed by atoms with van der Waals surface area (Å²) in [6, 6.07) is 11.8. The third kappa shape index (κ3) is 3.13. The first kappa shape index (κ1) is 15.4. The Hall–Kier alpha value is -3.08. The zero-order chi connectivity index (χ0) is 17.2. The van der Waals surface area contributed by atoms with Crippen molar-refractivity contribution in [2.75, 3.05) is 5.32 Å². The molecular formula is C20H20N4O. The number of nitrogens with two attached hydrogens (primary N) is 1. The van der Waals surface area contributed by atoms with Crippen LogP contribution in [0.1, 0.15) is 19.3 Å². The Labute approximate surface area is 146 Å². The van der Waals surface area contributed by atoms with Gasteiger partial charge in [0.2, 0.25) is 0 Å². The van der Waals surface area contributed by atoms with E-state index in [1.54, 1.807) is 6.20 Å². The number of pyridine rings is 1. The first-order chi connectivity index (χ1) is 12.2. The highest BCUT2D eigenvalue weighted by Gasteiger charge is 2.17. The van der Waals surface area contributed by atoms with Gasteiger partial charge in [-0.25, -0.2) is 4.98 Å². The van der Waals surface area contributed by atoms with Gasteiger partial charge in [-0.05, 0) is 54.2 Å². The van der Waals surface area contributed by atoms with Gasteiger partial charge in [0.15, 0.2) is 0 Å². The van der Waals surface area contributed by atoms with E-state index in [2.05, 4.69) is 15.3 Å². The molecule has 1 saturated carbocycles. The maximum atomic E-state index is 12.2. The van der Waals surface area contributed by atoms with E-state index in [9.17, 15) is 4.79 Å². The number of hydrogen-bond acceptors (Lipinski definition) is 3. The summed E-state index contributed by atoms with van der Waals surface area (Å²) in [6.07, 6.45) is 9.03. The van der Waals surface area contributed by atoms with Crippen LogP contribution in [0.3, 0.4) is 0 Å². The maximum Gasteiger partial charge on any atom is 0.271 e. The first-order valence-corrected chi connectivity index (χ1v) is 8.52. The second-order valence-corrected chi connectivity index (χ2v) is 6.44. The van der Waals surface area contributed by atoms with Gasteiger partial charge in [0.05, 0.1) is 5.70 Å². The minimum absolute atomic E-state index is 0.239. The Kier molecular flexibility index (Phi) is 3.98. The molecule has 0 radical (unpaired) electrons. The molecule has 2 heterocycles. The Morgan fingerprint density at radius 3 is 2.72 bits per heavy atom. The van der Waals surface area contributed by atoms with Crippen LogP contribution in [0.2, 0.25) is 0 Å². The number of nitrogens with one attached hydrogen (secondary N) is 2. The Balaban J connectivity index is 1.51. The van der Waals surface area contributed by atoms with Gasteiger partial charge in [0, 0.05) is 23.5 Å². The van der Waals surface area contributed by atoms with Crippen LogP contribution in [-0.4, -0.2) is 15.9 Å². The summed E-state index contributed by atoms with van der Waals surface area (Å²) < 4.78 is 0. The molecule has 0 unspecified atom stereocenters. The molecule has 25 heavy (non-hydrogen) atoms. The number of rotatable bonds is 4. The number of carbonyl (C=O) groups is 1. The van der Waals surface area contributed by atoms with Gasteiger partial charge >= 0.3 is 0 Å². The van der Waals surface area contributed by atoms with E-state index in [0.29, 0.717) is 11.6 Å². The fourth-order valence-electron chi connectivity index (χ4n) is 3.09. The van der Waals surface area contributed by atoms with Crippen molar-refractivity contribution in [2.24, 2.45) is 11.7 Å². The summed E-state index contributed by atoms with van der Waals surface area (Å²) >= 11 is 0. The third-order valence-corrected chi connectivity index (χ3v) is 4.74. The fraction of sp³-hybridized carbons (Fsp3) is 0.200. The highest BCUT2D eigenvalue weighted by atomic mass is 16.2. The number of fused-ring (bicyclic) bond motifs is 1. The van der Waals surface area contributed by atoms with E-state index in [0.717, 1.165) is 40.7 Å². The lowest BCUT2D eigenvalue weighted by Crippen LogP contribution is -2.22. The molecule has 4 rings (SSSR count). The fourth-order valence-corrected chi connectivity index (χ4v) is 3.09. The van der Waals surface area contributed by atoms with E-state index in [1.807, 2.05) is 48.7 Å². The lowest BCUT2D eigenvalue weighted by atomic mass is 9.85. The molecule has 1 aliphatic carbocycles. The van der Waals surface area contributed by atoms with Crippen molar-refractivity contribution in [1.29, 1.82) is 0 Å². The molecular weight excluding hydrogens is 312 g/mol. The van der Waals surface area contributed by atoms with Gasteiger partial charge in [-0.1, -0.05) is 24.6 Å². The normalized spacial score (nSPS) is 15.1. The average Bonchev–Trinajstić information content (AvgIpc) is 3.07. The number of aromatic nitrogens is 2. The molecule has 0 bridgehead atoms. The number of aromatic amines is 1. The number of amides is 1. The molecule has 126 valence electrons. The van der Waals surface area contributed by atoms with Crippen molar-refractivity contribution < 1.29 is 4.79 Å². The molecule has 1 aliphatic rings. The second kappa shape index (κ2) is 6.43. The van der Waals surface area contributed by atoms with Gasteiger partial charge in [0.1, 0.15) is 5.65 Å². The zero-order valence-electron chi connectivity index (χ0n) is 13.8. The lowest BCUT2D eigenvalue weighted by molar-refractivity contribution is -0.112. The molecule has 0 spiro atoms. The van der Waals surface area contributed by atoms with Crippen molar-refractivity contribution in [1.82, 2.24) is 9.97 Å². The Morgan fingerprint density at radius 1 is 1.20 bits per heavy atom. The van der Waals surface area contributed by atoms with Gasteiger partial charge in [0.25, 0.3) is 5.91 Å². The number of benzene rings is 1. The highest BCUT2D eigenvalue weighted by molar-refractivity contribution is 6.03. The van der Waals surface area contributed by atoms with Gasteiger partial charge in [-0.2, -0.15) is 0 Å². The molecule has 3 aromatic rings. The van der Waals surface area contributed by atoms with Crippen LogP contribution >= 0.6 is 0 Å². The SMILES string of the molecule is NC(=CC1CCC1)C(=O)Nc1ccc(-c2ccnc3[nH]ccc23)cc1. The largest absolute Gasteiger partial charge is 0.395 e. The minimum atomic E-state index is -0.239. The summed E-state index contributed by atoms with van der Waals surface area (Å²) in [5, 5.41) is 3.93. The van der Waals surface area contributed by atoms with Crippen LogP contribution in [0.25, 0.3) is 22.2 Å². The third-order valence-electron chi connectivity index (χ3n) is 4.74. The molecule has 0 atom stereocenters. The van der Waals surface area contributed by atoms with Crippen molar-refractivity contribution in [3.05, 3.63) is 60.6 Å². The smallest absolute Gasteiger partial charge is 0.271 e. The maximum absolute atomic E-state index is 12.2. The van der Waals surface area contributed by atoms with E-state index in [4.69, 9.17) is 5.73 Å². The van der Waals surface area contributed by atoms with Crippen molar-refractivity contribution in [2.45, 2.75) is 19.3 Å². The molecule has 5 nitrogen and oxygen atoms in total. The predicted octanol–water partition coefficient (Wildman–Crippen LogP) is 3.81. The Morgan fingerprint density at radius 2 is 2.00 bits per heavy atom. The molecule has 0 aliphatic heterocycles. The van der Waals surface area contributed by atoms with E-state index < -0.39 is 0 Å². The summed E-state index contributed by atoms with van der Waals surface area (Å²) in [5.74, 6) is 0.222. The van der Waals surface area contributed by atoms with Crippen molar-refractivity contribution in [3.63, 3.8) is 0 Å². The van der Waals surface area contributed by atoms with Crippen LogP contribution in [0.5, 0.6) is 0 Å². The summed E-state index contributed by atoms with van der Waals surface area (Å²) in [4.78, 5) is 19.6. The summed E-state index contributed by atoms with van der Waals surface area (Å²) in [5.41, 5.74) is 9.96. The van der Waals surface area contributed by atoms with Gasteiger partial charge in [-0.15, -0.1) is 0 Å². The molecule has 1 amide bonds. The minimum Gasteiger partial charge on any atom is -0.395 e. The van der Waals surface area contributed by atoms with Gasteiger partial charge in [-0.3, -0.25) is 4.79 Å². The average molecular weight is 332 g/mol. The molecule has 0 saturated heterocycles. The van der Waals surface area contributed by atoms with Crippen molar-refractivity contribution >= 4 is 22.6 Å². The first-order valence-electron chi connectivity index (χ1n) is 8.52. The van der Waals surface area contributed by atoms with E-state index >= 15 is 0 Å². The quantitative estimate of drug-likeness (QED) is 0.635. The summed E-state index contributed by atoms with van der Waals surface area (Å²) in [7, 11) is 0. The molecule has 4 N–H and O–H groups in total. The van der Waals surface area contributed by atoms with Gasteiger partial charge < -0.3 is 16.0 Å². The van der Waals surface area contributed by atoms with E-state index in [-0.39, 0.29) is 5.91 Å². The van der Waals surface area contributed by atoms with Crippen LogP contribution in [-0.2, 0) is 4.79 Å². The predicted molar refractivity (Wildman–Crippen MR) is 99.8 cm³/mol. The molecule has 1 fully saturated rings. The van der Waals surface area contributed by atoms with Crippen LogP contribution < -0.4 is 11.1 Å². The lowest BCUT2D eigenvalue weighted by Gasteiger charge is -2.22. The second-order valence-electron chi connectivity index (χ2n) is 6.44. The zero-order valence-corrected chi connectivity index (χ0v) is 13.8. The van der Waals surface area contributed by atoms with Crippen LogP contribution in [0, 0.1) is 5.92 Å². The molecule has 5 heteroatoms. The monoisotopic (exact) mass is 332 g/mol. The van der Waals surface area contributed by atoms with Crippen molar-refractivity contribution in [3.8, 4) is 11.1 Å². The number of anilines is 1. The van der Waals surface area contributed by atoms with E-state index in [1.165, 1.54) is 6.42 Å². The van der Waals surface area contributed by atoms with Crippen LogP contribution in [0.15, 0.2) is 60.6 Å². The standard InChI is InChI=1S/C20H20N4O/c21-18(12-13-2-1-3-13)20(25)24-15-6-4-14(5-7-15)16-8-10-22-19-17(16)9-11-23-19/h4-13H,1-3,21H2,(H,22,23)(H,24,25). The number of nitrogens with zero attached hydrogens (tertiary/aromatic N) is 1. The highest BCUT2D eigenvalue weighted by Crippen LogP contribution is 2.29. The summed E-state index contributed by atoms with van der Waals surface area (Å²) in [6.45, 7) is 0. The topological polar surface area (TPSA) is 83.8 Å². The van der Waals surface area contributed by atoms with Crippen LogP contribution in [0.4, 0.5) is 5.69 Å². The number of H-pyrrole nitrogens is 1. The molecule has 1 aromatic carbocycles. The number of hydrogen-bond donors (Lipinski definition) is 3. The number of carbonyl (C=O) groups excluding carboxylic acids is 1.